The molecule has 2 rings (SSSR count). The molecule has 1 aliphatic heterocycles. The number of aromatic hydroxyl groups is 1. The zero-order valence-electron chi connectivity index (χ0n) is 13.0. The summed E-state index contributed by atoms with van der Waals surface area (Å²) in [5.41, 5.74) is -2.83. The second-order valence-electron chi connectivity index (χ2n) is 5.82. The van der Waals surface area contributed by atoms with Gasteiger partial charge in [-0.15, -0.1) is 0 Å². The number of aliphatic carboxylic acids is 1. The van der Waals surface area contributed by atoms with Crippen LogP contribution in [-0.2, 0) is 9.53 Å². The highest BCUT2D eigenvalue weighted by Crippen LogP contribution is 2.55. The molecule has 4 atom stereocenters. The van der Waals surface area contributed by atoms with Gasteiger partial charge < -0.3 is 19.7 Å². The van der Waals surface area contributed by atoms with Crippen LogP contribution in [0.3, 0.4) is 0 Å². The molecule has 1 fully saturated rings. The van der Waals surface area contributed by atoms with Crippen LogP contribution in [0.4, 0.5) is 17.6 Å². The van der Waals surface area contributed by atoms with Crippen LogP contribution in [-0.4, -0.2) is 41.2 Å². The number of carboxylic acid groups (broad SMARTS) is 1. The van der Waals surface area contributed by atoms with Gasteiger partial charge in [-0.25, -0.2) is 4.79 Å². The van der Waals surface area contributed by atoms with Gasteiger partial charge in [0, 0.05) is 17.4 Å². The molecule has 1 heterocycles. The van der Waals surface area contributed by atoms with Gasteiger partial charge in [0.1, 0.15) is 0 Å². The smallest absolute Gasteiger partial charge is 0.417 e. The molecule has 0 radical (unpaired) electrons. The van der Waals surface area contributed by atoms with Gasteiger partial charge in [-0.3, -0.25) is 0 Å². The molecular weight excluding hydrogens is 336 g/mol. The van der Waals surface area contributed by atoms with Crippen LogP contribution in [0, 0.1) is 11.7 Å². The molecule has 1 aliphatic rings. The van der Waals surface area contributed by atoms with Crippen molar-refractivity contribution in [3.63, 3.8) is 0 Å². The maximum atomic E-state index is 14.0. The fraction of sp³-hybridized carbons (Fsp3) is 0.533. The second-order valence-corrected chi connectivity index (χ2v) is 5.82. The Kier molecular flexibility index (Phi) is 4.43. The average Bonchev–Trinajstić information content (AvgIpc) is 2.75. The van der Waals surface area contributed by atoms with E-state index in [1.165, 1.54) is 6.92 Å². The molecule has 0 saturated carbocycles. The number of ether oxygens (including phenoxy) is 2. The maximum absolute atomic E-state index is 14.0. The Bertz CT molecular complexity index is 660. The van der Waals surface area contributed by atoms with Crippen LogP contribution in [0.25, 0.3) is 0 Å². The normalized spacial score (nSPS) is 30.4. The summed E-state index contributed by atoms with van der Waals surface area (Å²) in [6.07, 6.45) is -6.66. The van der Waals surface area contributed by atoms with Gasteiger partial charge >= 0.3 is 12.1 Å². The summed E-state index contributed by atoms with van der Waals surface area (Å²) in [5, 5.41) is 18.7. The van der Waals surface area contributed by atoms with E-state index in [0.29, 0.717) is 0 Å². The lowest BCUT2D eigenvalue weighted by Gasteiger charge is -2.31. The van der Waals surface area contributed by atoms with Crippen molar-refractivity contribution in [2.75, 3.05) is 7.11 Å². The number of methoxy groups -OCH3 is 1. The van der Waals surface area contributed by atoms with E-state index in [2.05, 4.69) is 0 Å². The van der Waals surface area contributed by atoms with Crippen LogP contribution in [0.5, 0.6) is 11.5 Å². The number of carbonyl (C=O) groups is 1. The van der Waals surface area contributed by atoms with Gasteiger partial charge in [-0.1, -0.05) is 13.0 Å². The summed E-state index contributed by atoms with van der Waals surface area (Å²) < 4.78 is 63.9. The van der Waals surface area contributed by atoms with Gasteiger partial charge in [-0.05, 0) is 13.0 Å². The SMILES string of the molecule is COc1c([C@H]2[C@H](C(=O)O)O[C@@](C)(C(F)(F)F)[C@H]2C)ccc(O)c1F. The molecule has 1 aromatic rings. The van der Waals surface area contributed by atoms with Gasteiger partial charge in [-0.2, -0.15) is 17.6 Å². The minimum absolute atomic E-state index is 0.110. The van der Waals surface area contributed by atoms with E-state index in [-0.39, 0.29) is 5.56 Å². The number of halogens is 4. The molecule has 0 bridgehead atoms. The summed E-state index contributed by atoms with van der Waals surface area (Å²) >= 11 is 0. The summed E-state index contributed by atoms with van der Waals surface area (Å²) in [6.45, 7) is 1.95. The minimum Gasteiger partial charge on any atom is -0.505 e. The minimum atomic E-state index is -4.82. The Morgan fingerprint density at radius 1 is 1.38 bits per heavy atom. The number of rotatable bonds is 3. The Hall–Kier alpha value is -2.03. The largest absolute Gasteiger partial charge is 0.505 e. The molecule has 2 N–H and O–H groups in total. The quantitative estimate of drug-likeness (QED) is 0.818. The molecule has 1 aromatic carbocycles. The Morgan fingerprint density at radius 2 is 1.96 bits per heavy atom. The van der Waals surface area contributed by atoms with Crippen LogP contribution in [0.2, 0.25) is 0 Å². The highest BCUT2D eigenvalue weighted by Gasteiger charge is 2.66. The molecule has 0 spiro atoms. The maximum Gasteiger partial charge on any atom is 0.417 e. The highest BCUT2D eigenvalue weighted by atomic mass is 19.4. The molecule has 9 heteroatoms. The summed E-state index contributed by atoms with van der Waals surface area (Å²) in [5.74, 6) is -6.70. The zero-order valence-corrected chi connectivity index (χ0v) is 13.0. The predicted octanol–water partition coefficient (Wildman–Crippen LogP) is 3.06. The predicted molar refractivity (Wildman–Crippen MR) is 73.5 cm³/mol. The van der Waals surface area contributed by atoms with Crippen molar-refractivity contribution in [3.05, 3.63) is 23.5 Å². The molecule has 134 valence electrons. The van der Waals surface area contributed by atoms with E-state index >= 15 is 0 Å². The molecule has 0 aliphatic carbocycles. The molecule has 0 amide bonds. The Morgan fingerprint density at radius 3 is 2.42 bits per heavy atom. The molecule has 24 heavy (non-hydrogen) atoms. The van der Waals surface area contributed by atoms with E-state index < -0.39 is 53.0 Å². The Labute approximate surface area is 134 Å². The number of phenols is 1. The standard InChI is InChI=1S/C15H16F4O5/c1-6-9(7-4-5-8(20)10(16)11(7)23-3)12(13(21)22)24-14(6,2)15(17,18)19/h4-6,9,12,20H,1-3H3,(H,21,22)/t6-,9-,12+,14+/m0/s1. The lowest BCUT2D eigenvalue weighted by Crippen LogP contribution is -2.47. The number of carboxylic acids is 1. The van der Waals surface area contributed by atoms with Crippen molar-refractivity contribution >= 4 is 5.97 Å². The monoisotopic (exact) mass is 352 g/mol. The first-order valence-corrected chi connectivity index (χ1v) is 6.98. The van der Waals surface area contributed by atoms with Crippen LogP contribution < -0.4 is 4.74 Å². The summed E-state index contributed by atoms with van der Waals surface area (Å²) in [4.78, 5) is 11.4. The van der Waals surface area contributed by atoms with Crippen LogP contribution >= 0.6 is 0 Å². The summed E-state index contributed by atoms with van der Waals surface area (Å²) in [6, 6.07) is 2.07. The third-order valence-corrected chi connectivity index (χ3v) is 4.58. The second kappa shape index (κ2) is 5.80. The van der Waals surface area contributed by atoms with E-state index in [9.17, 15) is 32.6 Å². The third-order valence-electron chi connectivity index (χ3n) is 4.58. The lowest BCUT2D eigenvalue weighted by atomic mass is 9.77. The fourth-order valence-electron chi connectivity index (χ4n) is 3.04. The number of alkyl halides is 3. The van der Waals surface area contributed by atoms with E-state index in [1.54, 1.807) is 0 Å². The fourth-order valence-corrected chi connectivity index (χ4v) is 3.04. The van der Waals surface area contributed by atoms with Crippen molar-refractivity contribution < 1.29 is 42.0 Å². The van der Waals surface area contributed by atoms with Crippen LogP contribution in [0.1, 0.15) is 25.3 Å². The molecular formula is C15H16F4O5. The molecule has 0 aromatic heterocycles. The summed E-state index contributed by atoms with van der Waals surface area (Å²) in [7, 11) is 1.07. The van der Waals surface area contributed by atoms with Gasteiger partial charge in [0.15, 0.2) is 23.2 Å². The average molecular weight is 352 g/mol. The number of benzene rings is 1. The van der Waals surface area contributed by atoms with Gasteiger partial charge in [0.25, 0.3) is 0 Å². The van der Waals surface area contributed by atoms with Crippen molar-refractivity contribution in [2.45, 2.75) is 37.6 Å². The first kappa shape index (κ1) is 18.3. The number of hydrogen-bond donors (Lipinski definition) is 2. The molecule has 1 saturated heterocycles. The lowest BCUT2D eigenvalue weighted by molar-refractivity contribution is -0.273. The first-order valence-electron chi connectivity index (χ1n) is 6.98. The van der Waals surface area contributed by atoms with Crippen molar-refractivity contribution in [1.29, 1.82) is 0 Å². The van der Waals surface area contributed by atoms with Crippen molar-refractivity contribution in [1.82, 2.24) is 0 Å². The molecule has 0 unspecified atom stereocenters. The number of hydrogen-bond acceptors (Lipinski definition) is 4. The van der Waals surface area contributed by atoms with E-state index in [1.807, 2.05) is 0 Å². The van der Waals surface area contributed by atoms with Crippen LogP contribution in [0.15, 0.2) is 12.1 Å². The first-order chi connectivity index (χ1) is 11.0. The van der Waals surface area contributed by atoms with Gasteiger partial charge in [0.05, 0.1) is 7.11 Å². The molecule has 5 nitrogen and oxygen atoms in total. The topological polar surface area (TPSA) is 76.0 Å². The van der Waals surface area contributed by atoms with Crippen molar-refractivity contribution in [3.8, 4) is 11.5 Å². The zero-order chi connectivity index (χ0) is 18.4. The van der Waals surface area contributed by atoms with E-state index in [4.69, 9.17) is 9.47 Å². The van der Waals surface area contributed by atoms with E-state index in [0.717, 1.165) is 26.2 Å². The van der Waals surface area contributed by atoms with Gasteiger partial charge in [0.2, 0.25) is 5.82 Å². The number of phenolic OH excluding ortho intramolecular Hbond substituents is 1. The Balaban J connectivity index is 2.64. The van der Waals surface area contributed by atoms with Crippen molar-refractivity contribution in [2.24, 2.45) is 5.92 Å². The third kappa shape index (κ3) is 2.56. The highest BCUT2D eigenvalue weighted by molar-refractivity contribution is 5.75.